The van der Waals surface area contributed by atoms with Crippen molar-refractivity contribution in [1.29, 1.82) is 0 Å². The van der Waals surface area contributed by atoms with E-state index >= 15 is 0 Å². The van der Waals surface area contributed by atoms with Gasteiger partial charge < -0.3 is 10.8 Å². The normalized spacial score (nSPS) is 10.8. The second kappa shape index (κ2) is 3.52. The van der Waals surface area contributed by atoms with Crippen molar-refractivity contribution in [1.82, 2.24) is 9.38 Å². The second-order valence-electron chi connectivity index (χ2n) is 3.88. The molecule has 4 nitrogen and oxygen atoms in total. The van der Waals surface area contributed by atoms with E-state index in [1.807, 2.05) is 28.7 Å². The largest absolute Gasteiger partial charge is 0.508 e. The summed E-state index contributed by atoms with van der Waals surface area (Å²) in [5.41, 5.74) is 8.23. The maximum atomic E-state index is 9.39. The number of rotatable bonds is 1. The molecule has 0 unspecified atom stereocenters. The van der Waals surface area contributed by atoms with Crippen LogP contribution in [0.15, 0.2) is 48.8 Å². The molecule has 0 saturated heterocycles. The molecule has 0 aliphatic rings. The van der Waals surface area contributed by atoms with Crippen LogP contribution in [0.2, 0.25) is 0 Å². The Morgan fingerprint density at radius 3 is 2.65 bits per heavy atom. The minimum atomic E-state index is 0.237. The van der Waals surface area contributed by atoms with Gasteiger partial charge in [0, 0.05) is 23.5 Å². The first kappa shape index (κ1) is 9.72. The fourth-order valence-corrected chi connectivity index (χ4v) is 1.83. The van der Waals surface area contributed by atoms with Crippen LogP contribution in [0, 0.1) is 0 Å². The minimum Gasteiger partial charge on any atom is -0.508 e. The van der Waals surface area contributed by atoms with Crippen LogP contribution in [0.1, 0.15) is 0 Å². The van der Waals surface area contributed by atoms with E-state index in [-0.39, 0.29) is 5.75 Å². The molecule has 2 aromatic heterocycles. The van der Waals surface area contributed by atoms with Crippen molar-refractivity contribution in [3.8, 4) is 17.1 Å². The van der Waals surface area contributed by atoms with Crippen LogP contribution in [0.3, 0.4) is 0 Å². The lowest BCUT2D eigenvalue weighted by Crippen LogP contribution is -1.89. The number of aromatic nitrogens is 2. The lowest BCUT2D eigenvalue weighted by molar-refractivity contribution is 0.475. The summed E-state index contributed by atoms with van der Waals surface area (Å²) in [6.07, 6.45) is 3.52. The van der Waals surface area contributed by atoms with Crippen molar-refractivity contribution >= 4 is 11.2 Å². The number of hydrogen-bond donors (Lipinski definition) is 2. The van der Waals surface area contributed by atoms with Crippen molar-refractivity contribution in [2.24, 2.45) is 0 Å². The van der Waals surface area contributed by atoms with Crippen LogP contribution in [0.5, 0.6) is 5.75 Å². The summed E-state index contributed by atoms with van der Waals surface area (Å²) in [6, 6.07) is 10.9. The predicted octanol–water partition coefficient (Wildman–Crippen LogP) is 2.29. The van der Waals surface area contributed by atoms with E-state index in [9.17, 15) is 5.11 Å². The summed E-state index contributed by atoms with van der Waals surface area (Å²) >= 11 is 0. The maximum absolute atomic E-state index is 9.39. The number of benzene rings is 1. The SMILES string of the molecule is Nc1ccc(-c2ncc3cc(O)ccn23)cc1. The van der Waals surface area contributed by atoms with Crippen molar-refractivity contribution < 1.29 is 5.11 Å². The molecule has 3 N–H and O–H groups in total. The number of nitrogens with zero attached hydrogens (tertiary/aromatic N) is 2. The van der Waals surface area contributed by atoms with Gasteiger partial charge in [-0.2, -0.15) is 0 Å². The summed E-state index contributed by atoms with van der Waals surface area (Å²) < 4.78 is 1.92. The highest BCUT2D eigenvalue weighted by Gasteiger charge is 2.06. The fourth-order valence-electron chi connectivity index (χ4n) is 1.83. The van der Waals surface area contributed by atoms with Gasteiger partial charge in [0.2, 0.25) is 0 Å². The molecule has 4 heteroatoms. The summed E-state index contributed by atoms with van der Waals surface area (Å²) in [4.78, 5) is 4.35. The molecular formula is C13H11N3O. The Kier molecular flexibility index (Phi) is 2.01. The molecule has 17 heavy (non-hydrogen) atoms. The van der Waals surface area contributed by atoms with Crippen LogP contribution in [0.4, 0.5) is 5.69 Å². The summed E-state index contributed by atoms with van der Waals surface area (Å²) in [6.45, 7) is 0. The van der Waals surface area contributed by atoms with Gasteiger partial charge in [0.05, 0.1) is 11.7 Å². The minimum absolute atomic E-state index is 0.237. The van der Waals surface area contributed by atoms with Gasteiger partial charge in [0.15, 0.2) is 0 Å². The molecule has 3 rings (SSSR count). The van der Waals surface area contributed by atoms with Gasteiger partial charge >= 0.3 is 0 Å². The third-order valence-electron chi connectivity index (χ3n) is 2.68. The van der Waals surface area contributed by atoms with E-state index in [4.69, 9.17) is 5.73 Å². The lowest BCUT2D eigenvalue weighted by Gasteiger charge is -2.02. The molecule has 0 aliphatic heterocycles. The number of imidazole rings is 1. The first-order valence-corrected chi connectivity index (χ1v) is 5.26. The molecule has 0 radical (unpaired) electrons. The number of nitrogen functional groups attached to an aromatic ring is 1. The van der Waals surface area contributed by atoms with E-state index in [2.05, 4.69) is 4.98 Å². The Morgan fingerprint density at radius 2 is 1.88 bits per heavy atom. The Labute approximate surface area is 98.0 Å². The van der Waals surface area contributed by atoms with Gasteiger partial charge in [0.1, 0.15) is 11.6 Å². The zero-order chi connectivity index (χ0) is 11.8. The number of nitrogens with two attached hydrogens (primary N) is 1. The first-order chi connectivity index (χ1) is 8.24. The van der Waals surface area contributed by atoms with E-state index in [0.29, 0.717) is 0 Å². The first-order valence-electron chi connectivity index (χ1n) is 5.26. The molecule has 84 valence electrons. The van der Waals surface area contributed by atoms with Crippen LogP contribution >= 0.6 is 0 Å². The number of pyridine rings is 1. The topological polar surface area (TPSA) is 63.5 Å². The van der Waals surface area contributed by atoms with Crippen LogP contribution in [0.25, 0.3) is 16.9 Å². The van der Waals surface area contributed by atoms with Gasteiger partial charge in [-0.05, 0) is 30.3 Å². The monoisotopic (exact) mass is 225 g/mol. The van der Waals surface area contributed by atoms with Gasteiger partial charge in [-0.15, -0.1) is 0 Å². The highest BCUT2D eigenvalue weighted by molar-refractivity contribution is 5.64. The second-order valence-corrected chi connectivity index (χ2v) is 3.88. The highest BCUT2D eigenvalue weighted by atomic mass is 16.3. The van der Waals surface area contributed by atoms with E-state index in [1.54, 1.807) is 24.5 Å². The van der Waals surface area contributed by atoms with Gasteiger partial charge in [-0.3, -0.25) is 4.40 Å². The molecular weight excluding hydrogens is 214 g/mol. The van der Waals surface area contributed by atoms with Crippen molar-refractivity contribution in [3.63, 3.8) is 0 Å². The molecule has 0 atom stereocenters. The quantitative estimate of drug-likeness (QED) is 0.624. The molecule has 0 amide bonds. The van der Waals surface area contributed by atoms with Crippen LogP contribution in [-0.2, 0) is 0 Å². The summed E-state index contributed by atoms with van der Waals surface area (Å²) in [7, 11) is 0. The van der Waals surface area contributed by atoms with Crippen molar-refractivity contribution in [3.05, 3.63) is 48.8 Å². The highest BCUT2D eigenvalue weighted by Crippen LogP contribution is 2.22. The number of aromatic hydroxyl groups is 1. The summed E-state index contributed by atoms with van der Waals surface area (Å²) in [5.74, 6) is 1.07. The van der Waals surface area contributed by atoms with Gasteiger partial charge in [0.25, 0.3) is 0 Å². The smallest absolute Gasteiger partial charge is 0.144 e. The van der Waals surface area contributed by atoms with E-state index < -0.39 is 0 Å². The van der Waals surface area contributed by atoms with Crippen LogP contribution < -0.4 is 5.73 Å². The average molecular weight is 225 g/mol. The van der Waals surface area contributed by atoms with Crippen LogP contribution in [-0.4, -0.2) is 14.5 Å². The number of anilines is 1. The van der Waals surface area contributed by atoms with E-state index in [0.717, 1.165) is 22.6 Å². The number of hydrogen-bond acceptors (Lipinski definition) is 3. The number of fused-ring (bicyclic) bond motifs is 1. The Balaban J connectivity index is 2.21. The molecule has 1 aromatic carbocycles. The van der Waals surface area contributed by atoms with Crippen molar-refractivity contribution in [2.45, 2.75) is 0 Å². The molecule has 0 saturated carbocycles. The summed E-state index contributed by atoms with van der Waals surface area (Å²) in [5, 5.41) is 9.39. The third kappa shape index (κ3) is 1.59. The van der Waals surface area contributed by atoms with E-state index in [1.165, 1.54) is 0 Å². The molecule has 3 aromatic rings. The van der Waals surface area contributed by atoms with Crippen molar-refractivity contribution in [2.75, 3.05) is 5.73 Å². The third-order valence-corrected chi connectivity index (χ3v) is 2.68. The Bertz CT molecular complexity index is 671. The zero-order valence-electron chi connectivity index (χ0n) is 9.04. The van der Waals surface area contributed by atoms with Gasteiger partial charge in [-0.1, -0.05) is 0 Å². The molecule has 0 bridgehead atoms. The average Bonchev–Trinajstić information content (AvgIpc) is 2.73. The Morgan fingerprint density at radius 1 is 1.12 bits per heavy atom. The standard InChI is InChI=1S/C13H11N3O/c14-10-3-1-9(2-4-10)13-15-8-11-7-12(17)5-6-16(11)13/h1-8,17H,14H2. The molecule has 0 spiro atoms. The molecule has 0 fully saturated rings. The Hall–Kier alpha value is -2.49. The molecule has 0 aliphatic carbocycles. The fraction of sp³-hybridized carbons (Fsp3) is 0. The zero-order valence-corrected chi connectivity index (χ0v) is 9.04. The maximum Gasteiger partial charge on any atom is 0.144 e. The van der Waals surface area contributed by atoms with Gasteiger partial charge in [-0.25, -0.2) is 4.98 Å². The molecule has 2 heterocycles. The predicted molar refractivity (Wildman–Crippen MR) is 66.7 cm³/mol. The lowest BCUT2D eigenvalue weighted by atomic mass is 10.2.